The molecule has 2 heterocycles. The molecule has 0 unspecified atom stereocenters. The molecule has 7 nitrogen and oxygen atoms in total. The first kappa shape index (κ1) is 16.6. The van der Waals surface area contributed by atoms with E-state index in [0.717, 1.165) is 0 Å². The lowest BCUT2D eigenvalue weighted by molar-refractivity contribution is -0.175. The van der Waals surface area contributed by atoms with E-state index in [1.807, 2.05) is 0 Å². The van der Waals surface area contributed by atoms with Crippen LogP contribution in [0.4, 0.5) is 13.2 Å². The molecule has 10 heteroatoms. The average molecular weight is 323 g/mol. The van der Waals surface area contributed by atoms with E-state index in [4.69, 9.17) is 9.47 Å². The number of nitrogens with one attached hydrogen (secondary N) is 1. The molecule has 0 saturated carbocycles. The van der Waals surface area contributed by atoms with Gasteiger partial charge in [0.1, 0.15) is 19.3 Å². The lowest BCUT2D eigenvalue weighted by atomic mass is 10.2. The summed E-state index contributed by atoms with van der Waals surface area (Å²) in [6, 6.07) is -0.456. The largest absolute Gasteiger partial charge is 0.482 e. The summed E-state index contributed by atoms with van der Waals surface area (Å²) < 4.78 is 52.4. The Balaban J connectivity index is 1.77. The molecule has 1 N–H and O–H groups in total. The van der Waals surface area contributed by atoms with Gasteiger partial charge in [-0.15, -0.1) is 0 Å². The zero-order valence-corrected chi connectivity index (χ0v) is 11.8. The molecule has 1 saturated heterocycles. The molecule has 1 aliphatic rings. The van der Waals surface area contributed by atoms with E-state index in [2.05, 4.69) is 15.2 Å². The van der Waals surface area contributed by atoms with Gasteiger partial charge >= 0.3 is 6.18 Å². The van der Waals surface area contributed by atoms with Gasteiger partial charge in [-0.2, -0.15) is 18.3 Å². The number of aryl methyl sites for hydroxylation is 1. The maximum absolute atomic E-state index is 11.9. The van der Waals surface area contributed by atoms with Crippen LogP contribution in [-0.4, -0.2) is 60.4 Å². The number of ether oxygens (including phenoxy) is 3. The Bertz CT molecular complexity index is 506. The van der Waals surface area contributed by atoms with Gasteiger partial charge in [-0.25, -0.2) is 0 Å². The standard InChI is InChI=1S/C12H16F3N3O4/c1-18-3-8(2-16-18)22-10-5-20-4-9(10)17-11(19)6-21-7-12(13,14)15/h2-3,9-10H,4-7H2,1H3,(H,17,19)/t9-,10+/m0/s1. The van der Waals surface area contributed by atoms with Gasteiger partial charge in [0.05, 0.1) is 31.6 Å². The maximum Gasteiger partial charge on any atom is 0.411 e. The monoisotopic (exact) mass is 323 g/mol. The van der Waals surface area contributed by atoms with Gasteiger partial charge in [0.2, 0.25) is 5.91 Å². The molecule has 1 aliphatic heterocycles. The van der Waals surface area contributed by atoms with Crippen LogP contribution in [0, 0.1) is 0 Å². The Morgan fingerprint density at radius 1 is 1.55 bits per heavy atom. The highest BCUT2D eigenvalue weighted by molar-refractivity contribution is 5.77. The maximum atomic E-state index is 11.9. The normalized spacial score (nSPS) is 21.8. The third-order valence-electron chi connectivity index (χ3n) is 2.84. The van der Waals surface area contributed by atoms with E-state index in [1.165, 1.54) is 6.20 Å². The summed E-state index contributed by atoms with van der Waals surface area (Å²) in [6.45, 7) is -1.65. The molecule has 0 bridgehead atoms. The molecule has 124 valence electrons. The number of halogens is 3. The highest BCUT2D eigenvalue weighted by atomic mass is 19.4. The van der Waals surface area contributed by atoms with Crippen LogP contribution in [0.15, 0.2) is 12.4 Å². The predicted molar refractivity (Wildman–Crippen MR) is 67.2 cm³/mol. The quantitative estimate of drug-likeness (QED) is 0.813. The number of hydrogen-bond donors (Lipinski definition) is 1. The number of hydrogen-bond acceptors (Lipinski definition) is 5. The van der Waals surface area contributed by atoms with E-state index in [0.29, 0.717) is 5.75 Å². The van der Waals surface area contributed by atoms with E-state index < -0.39 is 37.4 Å². The number of carbonyl (C=O) groups is 1. The smallest absolute Gasteiger partial charge is 0.411 e. The molecular weight excluding hydrogens is 307 g/mol. The van der Waals surface area contributed by atoms with Gasteiger partial charge in [0.15, 0.2) is 5.75 Å². The van der Waals surface area contributed by atoms with Gasteiger partial charge in [0.25, 0.3) is 0 Å². The Kier molecular flexibility index (Phi) is 5.24. The second kappa shape index (κ2) is 6.97. The summed E-state index contributed by atoms with van der Waals surface area (Å²) in [5.41, 5.74) is 0. The highest BCUT2D eigenvalue weighted by Gasteiger charge is 2.32. The number of alkyl halides is 3. The van der Waals surface area contributed by atoms with Gasteiger partial charge in [-0.3, -0.25) is 9.48 Å². The lowest BCUT2D eigenvalue weighted by Gasteiger charge is -2.19. The van der Waals surface area contributed by atoms with Crippen LogP contribution >= 0.6 is 0 Å². The van der Waals surface area contributed by atoms with Gasteiger partial charge in [-0.05, 0) is 0 Å². The fraction of sp³-hybridized carbons (Fsp3) is 0.667. The van der Waals surface area contributed by atoms with Crippen molar-refractivity contribution in [1.29, 1.82) is 0 Å². The molecule has 1 fully saturated rings. The molecule has 0 aliphatic carbocycles. The van der Waals surface area contributed by atoms with Gasteiger partial charge < -0.3 is 19.5 Å². The molecule has 0 aromatic carbocycles. The second-order valence-corrected chi connectivity index (χ2v) is 4.83. The lowest BCUT2D eigenvalue weighted by Crippen LogP contribution is -2.46. The van der Waals surface area contributed by atoms with Crippen molar-refractivity contribution in [2.75, 3.05) is 26.4 Å². The summed E-state index contributed by atoms with van der Waals surface area (Å²) >= 11 is 0. The number of carbonyl (C=O) groups excluding carboxylic acids is 1. The third kappa shape index (κ3) is 5.19. The van der Waals surface area contributed by atoms with Crippen LogP contribution in [0.1, 0.15) is 0 Å². The summed E-state index contributed by atoms with van der Waals surface area (Å²) in [4.78, 5) is 11.6. The van der Waals surface area contributed by atoms with Crippen LogP contribution in [0.5, 0.6) is 5.75 Å². The average Bonchev–Trinajstić information content (AvgIpc) is 2.98. The minimum atomic E-state index is -4.46. The van der Waals surface area contributed by atoms with Crippen molar-refractivity contribution in [3.8, 4) is 5.75 Å². The first-order valence-corrected chi connectivity index (χ1v) is 6.50. The summed E-state index contributed by atoms with van der Waals surface area (Å²) in [5.74, 6) is -0.134. The van der Waals surface area contributed by atoms with Crippen molar-refractivity contribution in [2.45, 2.75) is 18.3 Å². The Morgan fingerprint density at radius 2 is 2.32 bits per heavy atom. The molecule has 1 aromatic rings. The predicted octanol–water partition coefficient (Wildman–Crippen LogP) is 0.261. The summed E-state index contributed by atoms with van der Waals surface area (Å²) in [5, 5.41) is 6.48. The van der Waals surface area contributed by atoms with Crippen LogP contribution < -0.4 is 10.1 Å². The Hall–Kier alpha value is -1.81. The Labute approximate surface area is 124 Å². The Morgan fingerprint density at radius 3 is 2.95 bits per heavy atom. The van der Waals surface area contributed by atoms with Crippen molar-refractivity contribution < 1.29 is 32.2 Å². The van der Waals surface area contributed by atoms with E-state index in [1.54, 1.807) is 17.9 Å². The van der Waals surface area contributed by atoms with Crippen molar-refractivity contribution in [3.05, 3.63) is 12.4 Å². The van der Waals surface area contributed by atoms with Crippen molar-refractivity contribution in [1.82, 2.24) is 15.1 Å². The van der Waals surface area contributed by atoms with E-state index in [9.17, 15) is 18.0 Å². The minimum absolute atomic E-state index is 0.218. The summed E-state index contributed by atoms with van der Waals surface area (Å²) in [7, 11) is 1.73. The zero-order chi connectivity index (χ0) is 16.2. The minimum Gasteiger partial charge on any atom is -0.482 e. The van der Waals surface area contributed by atoms with Crippen molar-refractivity contribution >= 4 is 5.91 Å². The van der Waals surface area contributed by atoms with E-state index in [-0.39, 0.29) is 13.2 Å². The number of amides is 1. The fourth-order valence-electron chi connectivity index (χ4n) is 1.93. The molecular formula is C12H16F3N3O4. The van der Waals surface area contributed by atoms with Crippen LogP contribution in [0.25, 0.3) is 0 Å². The molecule has 1 aromatic heterocycles. The topological polar surface area (TPSA) is 74.6 Å². The molecule has 1 amide bonds. The number of aromatic nitrogens is 2. The van der Waals surface area contributed by atoms with Crippen molar-refractivity contribution in [3.63, 3.8) is 0 Å². The van der Waals surface area contributed by atoms with Crippen LogP contribution in [-0.2, 0) is 21.3 Å². The second-order valence-electron chi connectivity index (χ2n) is 4.83. The fourth-order valence-corrected chi connectivity index (χ4v) is 1.93. The van der Waals surface area contributed by atoms with E-state index >= 15 is 0 Å². The molecule has 0 spiro atoms. The molecule has 22 heavy (non-hydrogen) atoms. The van der Waals surface area contributed by atoms with Gasteiger partial charge in [-0.1, -0.05) is 0 Å². The number of rotatable bonds is 6. The SMILES string of the molecule is Cn1cc(O[C@@H]2COC[C@@H]2NC(=O)COCC(F)(F)F)cn1. The number of nitrogens with zero attached hydrogens (tertiary/aromatic N) is 2. The first-order chi connectivity index (χ1) is 10.3. The highest BCUT2D eigenvalue weighted by Crippen LogP contribution is 2.16. The third-order valence-corrected chi connectivity index (χ3v) is 2.84. The molecule has 0 radical (unpaired) electrons. The van der Waals surface area contributed by atoms with Crippen LogP contribution in [0.3, 0.4) is 0 Å². The first-order valence-electron chi connectivity index (χ1n) is 6.50. The summed E-state index contributed by atoms with van der Waals surface area (Å²) in [6.07, 6.45) is -1.72. The van der Waals surface area contributed by atoms with Gasteiger partial charge in [0, 0.05) is 7.05 Å². The molecule has 2 rings (SSSR count). The van der Waals surface area contributed by atoms with Crippen LogP contribution in [0.2, 0.25) is 0 Å². The molecule has 2 atom stereocenters. The van der Waals surface area contributed by atoms with Crippen molar-refractivity contribution in [2.24, 2.45) is 7.05 Å². The zero-order valence-electron chi connectivity index (χ0n) is 11.8.